The van der Waals surface area contributed by atoms with Gasteiger partial charge in [-0.15, -0.1) is 0 Å². The molecule has 0 atom stereocenters. The molecule has 6 nitrogen and oxygen atoms in total. The predicted molar refractivity (Wildman–Crippen MR) is 94.9 cm³/mol. The molecule has 2 aromatic rings. The molecule has 2 aromatic carbocycles. The number of hydrogen-bond donors (Lipinski definition) is 1. The number of sulfonamides is 2. The van der Waals surface area contributed by atoms with Gasteiger partial charge in [-0.1, -0.05) is 18.2 Å². The first-order valence-corrected chi connectivity index (χ1v) is 11.1. The predicted octanol–water partition coefficient (Wildman–Crippen LogP) is 2.09. The average Bonchev–Trinajstić information content (AvgIpc) is 3.17. The topological polar surface area (TPSA) is 83.5 Å². The van der Waals surface area contributed by atoms with Crippen molar-refractivity contribution in [3.63, 3.8) is 0 Å². The second-order valence-electron chi connectivity index (χ2n) is 6.04. The van der Waals surface area contributed by atoms with Gasteiger partial charge < -0.3 is 0 Å². The van der Waals surface area contributed by atoms with Crippen LogP contribution in [-0.4, -0.2) is 34.2 Å². The van der Waals surface area contributed by atoms with Gasteiger partial charge in [-0.2, -0.15) is 4.31 Å². The van der Waals surface area contributed by atoms with Crippen LogP contribution >= 0.6 is 0 Å². The van der Waals surface area contributed by atoms with Gasteiger partial charge in [0.15, 0.2) is 0 Å². The highest BCUT2D eigenvalue weighted by Gasteiger charge is 2.28. The normalized spacial score (nSPS) is 16.0. The minimum Gasteiger partial charge on any atom is -0.207 e. The fourth-order valence-corrected chi connectivity index (χ4v) is 5.44. The van der Waals surface area contributed by atoms with Crippen LogP contribution in [0.2, 0.25) is 0 Å². The van der Waals surface area contributed by atoms with E-state index < -0.39 is 25.9 Å². The zero-order valence-electron chi connectivity index (χ0n) is 13.9. The third-order valence-electron chi connectivity index (χ3n) is 4.20. The van der Waals surface area contributed by atoms with Gasteiger partial charge in [0.25, 0.3) is 0 Å². The highest BCUT2D eigenvalue weighted by Crippen LogP contribution is 2.23. The molecule has 1 fully saturated rings. The van der Waals surface area contributed by atoms with Crippen molar-refractivity contribution in [2.75, 3.05) is 13.1 Å². The lowest BCUT2D eigenvalue weighted by molar-refractivity contribution is 0.477. The molecule has 9 heteroatoms. The van der Waals surface area contributed by atoms with Crippen LogP contribution in [0.5, 0.6) is 0 Å². The Hall–Kier alpha value is -1.81. The fraction of sp³-hybridized carbons (Fsp3) is 0.294. The summed E-state index contributed by atoms with van der Waals surface area (Å²) in [7, 11) is -7.60. The average molecular weight is 398 g/mol. The van der Waals surface area contributed by atoms with Crippen LogP contribution in [0.15, 0.2) is 58.3 Å². The Morgan fingerprint density at radius 3 is 2.19 bits per heavy atom. The van der Waals surface area contributed by atoms with Crippen LogP contribution in [0, 0.1) is 5.82 Å². The molecular formula is C17H19FN2O4S2. The Morgan fingerprint density at radius 1 is 0.923 bits per heavy atom. The first-order chi connectivity index (χ1) is 12.3. The summed E-state index contributed by atoms with van der Waals surface area (Å²) in [6, 6.07) is 10.8. The fourth-order valence-electron chi connectivity index (χ4n) is 2.74. The lowest BCUT2D eigenvalue weighted by atomic mass is 10.2. The number of nitrogens with zero attached hydrogens (tertiary/aromatic N) is 1. The Balaban J connectivity index is 1.80. The SMILES string of the molecule is O=S(=O)(NCc1ccc(F)cc1)c1cccc(S(=O)(=O)N2CCCC2)c1. The molecule has 1 aliphatic rings. The molecule has 1 aliphatic heterocycles. The van der Waals surface area contributed by atoms with Gasteiger partial charge in [0.2, 0.25) is 20.0 Å². The summed E-state index contributed by atoms with van der Waals surface area (Å²) in [5.41, 5.74) is 0.593. The molecule has 1 saturated heterocycles. The molecule has 0 aliphatic carbocycles. The van der Waals surface area contributed by atoms with Crippen molar-refractivity contribution in [1.82, 2.24) is 9.03 Å². The van der Waals surface area contributed by atoms with E-state index in [-0.39, 0.29) is 16.3 Å². The molecule has 0 spiro atoms. The Morgan fingerprint density at radius 2 is 1.54 bits per heavy atom. The van der Waals surface area contributed by atoms with Gasteiger partial charge in [-0.05, 0) is 48.7 Å². The van der Waals surface area contributed by atoms with E-state index in [9.17, 15) is 21.2 Å². The molecule has 140 valence electrons. The van der Waals surface area contributed by atoms with E-state index >= 15 is 0 Å². The van der Waals surface area contributed by atoms with Crippen molar-refractivity contribution >= 4 is 20.0 Å². The van der Waals surface area contributed by atoms with Gasteiger partial charge in [-0.25, -0.2) is 25.9 Å². The maximum atomic E-state index is 12.9. The second-order valence-corrected chi connectivity index (χ2v) is 9.74. The first kappa shape index (κ1) is 19.0. The lowest BCUT2D eigenvalue weighted by Crippen LogP contribution is -2.28. The summed E-state index contributed by atoms with van der Waals surface area (Å²) >= 11 is 0. The van der Waals surface area contributed by atoms with Gasteiger partial charge >= 0.3 is 0 Å². The Labute approximate surface area is 152 Å². The summed E-state index contributed by atoms with van der Waals surface area (Å²) in [6.45, 7) is 0.871. The summed E-state index contributed by atoms with van der Waals surface area (Å²) in [4.78, 5) is -0.163. The van der Waals surface area contributed by atoms with Crippen LogP contribution in [0.3, 0.4) is 0 Å². The highest BCUT2D eigenvalue weighted by atomic mass is 32.2. The van der Waals surface area contributed by atoms with Crippen molar-refractivity contribution in [2.45, 2.75) is 29.2 Å². The minimum absolute atomic E-state index is 0.0221. The highest BCUT2D eigenvalue weighted by molar-refractivity contribution is 7.90. The molecule has 0 radical (unpaired) electrons. The molecule has 3 rings (SSSR count). The molecule has 0 aromatic heterocycles. The lowest BCUT2D eigenvalue weighted by Gasteiger charge is -2.16. The largest absolute Gasteiger partial charge is 0.243 e. The number of halogens is 1. The quantitative estimate of drug-likeness (QED) is 0.808. The zero-order chi connectivity index (χ0) is 18.8. The van der Waals surface area contributed by atoms with Gasteiger partial charge in [0.05, 0.1) is 9.79 Å². The van der Waals surface area contributed by atoms with E-state index in [2.05, 4.69) is 4.72 Å². The summed E-state index contributed by atoms with van der Waals surface area (Å²) in [5, 5.41) is 0. The van der Waals surface area contributed by atoms with E-state index in [1.165, 1.54) is 52.8 Å². The van der Waals surface area contributed by atoms with Gasteiger partial charge in [0.1, 0.15) is 5.82 Å². The second kappa shape index (κ2) is 7.43. The third-order valence-corrected chi connectivity index (χ3v) is 7.49. The van der Waals surface area contributed by atoms with Gasteiger partial charge in [-0.3, -0.25) is 0 Å². The zero-order valence-corrected chi connectivity index (χ0v) is 15.6. The van der Waals surface area contributed by atoms with E-state index in [1.54, 1.807) is 0 Å². The Bertz CT molecular complexity index is 984. The molecule has 26 heavy (non-hydrogen) atoms. The maximum absolute atomic E-state index is 12.9. The summed E-state index contributed by atoms with van der Waals surface area (Å²) in [6.07, 6.45) is 1.60. The minimum atomic E-state index is -3.90. The standard InChI is InChI=1S/C17H19FN2O4S2/c18-15-8-6-14(7-9-15)13-19-25(21,22)16-4-3-5-17(12-16)26(23,24)20-10-1-2-11-20/h3-9,12,19H,1-2,10-11,13H2. The van der Waals surface area contributed by atoms with Crippen LogP contribution in [0.25, 0.3) is 0 Å². The summed E-state index contributed by atoms with van der Waals surface area (Å²) < 4.78 is 66.8. The number of benzene rings is 2. The van der Waals surface area contributed by atoms with E-state index in [0.717, 1.165) is 12.8 Å². The van der Waals surface area contributed by atoms with Gasteiger partial charge in [0, 0.05) is 19.6 Å². The van der Waals surface area contributed by atoms with E-state index in [0.29, 0.717) is 18.7 Å². The van der Waals surface area contributed by atoms with Crippen LogP contribution in [0.4, 0.5) is 4.39 Å². The van der Waals surface area contributed by atoms with E-state index in [4.69, 9.17) is 0 Å². The molecule has 0 unspecified atom stereocenters. The van der Waals surface area contributed by atoms with E-state index in [1.807, 2.05) is 0 Å². The van der Waals surface area contributed by atoms with Crippen LogP contribution in [-0.2, 0) is 26.6 Å². The summed E-state index contributed by atoms with van der Waals surface area (Å²) in [5.74, 6) is -0.406. The molecule has 1 N–H and O–H groups in total. The van der Waals surface area contributed by atoms with Crippen molar-refractivity contribution in [3.05, 3.63) is 59.9 Å². The monoisotopic (exact) mass is 398 g/mol. The van der Waals surface area contributed by atoms with Crippen LogP contribution < -0.4 is 4.72 Å². The van der Waals surface area contributed by atoms with Crippen molar-refractivity contribution in [2.24, 2.45) is 0 Å². The molecule has 0 saturated carbocycles. The maximum Gasteiger partial charge on any atom is 0.243 e. The number of rotatable bonds is 6. The molecule has 1 heterocycles. The molecule has 0 amide bonds. The number of nitrogens with one attached hydrogen (secondary N) is 1. The third kappa shape index (κ3) is 4.12. The van der Waals surface area contributed by atoms with Crippen molar-refractivity contribution < 1.29 is 21.2 Å². The van der Waals surface area contributed by atoms with Crippen molar-refractivity contribution in [1.29, 1.82) is 0 Å². The molecule has 0 bridgehead atoms. The van der Waals surface area contributed by atoms with Crippen molar-refractivity contribution in [3.8, 4) is 0 Å². The smallest absolute Gasteiger partial charge is 0.207 e. The van der Waals surface area contributed by atoms with Crippen LogP contribution in [0.1, 0.15) is 18.4 Å². The Kier molecular flexibility index (Phi) is 5.42. The molecular weight excluding hydrogens is 379 g/mol. The number of hydrogen-bond acceptors (Lipinski definition) is 4. The first-order valence-electron chi connectivity index (χ1n) is 8.13.